The normalized spacial score (nSPS) is 14.8. The Bertz CT molecular complexity index is 1800. The summed E-state index contributed by atoms with van der Waals surface area (Å²) in [4.78, 5) is 36.1. The second-order valence-corrected chi connectivity index (χ2v) is 8.93. The second-order valence-electron chi connectivity index (χ2n) is 8.93. The molecule has 3 aromatic carbocycles. The lowest BCUT2D eigenvalue weighted by Gasteiger charge is -2.14. The molecule has 192 valence electrons. The van der Waals surface area contributed by atoms with Crippen molar-refractivity contribution in [1.29, 1.82) is 0 Å². The van der Waals surface area contributed by atoms with Crippen LogP contribution in [0.15, 0.2) is 89.9 Å². The number of rotatable bonds is 4. The molecule has 1 aliphatic heterocycles. The van der Waals surface area contributed by atoms with Crippen molar-refractivity contribution < 1.29 is 18.4 Å². The SMILES string of the molecule is Cc1ccc2nc(-c3ccc(F)cc3F)c(C(=O)N[C@H]3N=C(c4ccccc4)c4ccccc4NC3=O)n2n1. The molecule has 0 unspecified atom stereocenters. The first-order valence-electron chi connectivity index (χ1n) is 12.1. The number of imidazole rings is 1. The van der Waals surface area contributed by atoms with Crippen molar-refractivity contribution in [3.05, 3.63) is 119 Å². The van der Waals surface area contributed by atoms with Gasteiger partial charge >= 0.3 is 0 Å². The first-order valence-corrected chi connectivity index (χ1v) is 12.1. The molecule has 0 fully saturated rings. The third-order valence-corrected chi connectivity index (χ3v) is 6.27. The topological polar surface area (TPSA) is 101 Å². The maximum Gasteiger partial charge on any atom is 0.274 e. The van der Waals surface area contributed by atoms with Crippen molar-refractivity contribution in [2.45, 2.75) is 13.1 Å². The van der Waals surface area contributed by atoms with Gasteiger partial charge in [0.2, 0.25) is 6.17 Å². The van der Waals surface area contributed by atoms with E-state index in [1.807, 2.05) is 42.5 Å². The molecule has 1 atom stereocenters. The zero-order chi connectivity index (χ0) is 27.1. The van der Waals surface area contributed by atoms with Gasteiger partial charge in [-0.2, -0.15) is 5.10 Å². The highest BCUT2D eigenvalue weighted by molar-refractivity contribution is 6.20. The van der Waals surface area contributed by atoms with Crippen LogP contribution in [0.2, 0.25) is 0 Å². The van der Waals surface area contributed by atoms with E-state index < -0.39 is 29.6 Å². The number of hydrogen-bond donors (Lipinski definition) is 2. The number of fused-ring (bicyclic) bond motifs is 2. The Kier molecular flexibility index (Phi) is 5.91. The van der Waals surface area contributed by atoms with E-state index in [9.17, 15) is 18.4 Å². The summed E-state index contributed by atoms with van der Waals surface area (Å²) in [5.41, 5.74) is 3.09. The summed E-state index contributed by atoms with van der Waals surface area (Å²) in [6.45, 7) is 1.73. The average Bonchev–Trinajstić information content (AvgIpc) is 3.23. The third-order valence-electron chi connectivity index (χ3n) is 6.27. The Balaban J connectivity index is 1.47. The molecule has 2 N–H and O–H groups in total. The molecule has 5 aromatic rings. The van der Waals surface area contributed by atoms with E-state index in [4.69, 9.17) is 0 Å². The van der Waals surface area contributed by atoms with Crippen molar-refractivity contribution >= 4 is 28.9 Å². The summed E-state index contributed by atoms with van der Waals surface area (Å²) < 4.78 is 29.7. The standard InChI is InChI=1S/C29H20F2N6O2/c1-16-11-14-23-33-25(19-13-12-18(30)15-21(19)31)26(37(23)36-16)28(38)35-27-29(39)32-22-10-6-5-9-20(22)24(34-27)17-7-3-2-4-8-17/h2-15,27H,1H3,(H,32,39)(H,35,38)/t27-/m1/s1. The van der Waals surface area contributed by atoms with Crippen LogP contribution < -0.4 is 10.6 Å². The van der Waals surface area contributed by atoms with Gasteiger partial charge in [-0.15, -0.1) is 0 Å². The highest BCUT2D eigenvalue weighted by Gasteiger charge is 2.31. The van der Waals surface area contributed by atoms with E-state index in [-0.39, 0.29) is 22.6 Å². The van der Waals surface area contributed by atoms with Crippen LogP contribution in [-0.4, -0.2) is 38.3 Å². The zero-order valence-electron chi connectivity index (χ0n) is 20.5. The fourth-order valence-corrected chi connectivity index (χ4v) is 4.47. The van der Waals surface area contributed by atoms with Gasteiger partial charge in [-0.3, -0.25) is 9.59 Å². The first-order chi connectivity index (χ1) is 18.9. The lowest BCUT2D eigenvalue weighted by molar-refractivity contribution is -0.117. The number of hydrogen-bond acceptors (Lipinski definition) is 5. The van der Waals surface area contributed by atoms with Crippen molar-refractivity contribution in [3.63, 3.8) is 0 Å². The minimum absolute atomic E-state index is 0.0484. The van der Waals surface area contributed by atoms with E-state index in [0.717, 1.165) is 11.6 Å². The summed E-state index contributed by atoms with van der Waals surface area (Å²) in [6.07, 6.45) is -1.33. The van der Waals surface area contributed by atoms with Crippen LogP contribution in [0.1, 0.15) is 27.3 Å². The van der Waals surface area contributed by atoms with E-state index in [1.54, 1.807) is 31.2 Å². The molecule has 0 spiro atoms. The largest absolute Gasteiger partial charge is 0.322 e. The Hall–Kier alpha value is -5.25. The van der Waals surface area contributed by atoms with Crippen molar-refractivity contribution in [1.82, 2.24) is 19.9 Å². The van der Waals surface area contributed by atoms with Crippen LogP contribution in [-0.2, 0) is 4.79 Å². The number of para-hydroxylation sites is 1. The van der Waals surface area contributed by atoms with Gasteiger partial charge in [-0.1, -0.05) is 48.5 Å². The third kappa shape index (κ3) is 4.42. The molecule has 6 rings (SSSR count). The van der Waals surface area contributed by atoms with Gasteiger partial charge in [0, 0.05) is 22.8 Å². The van der Waals surface area contributed by atoms with Gasteiger partial charge < -0.3 is 10.6 Å². The molecule has 2 aromatic heterocycles. The number of benzodiazepines with no additional fused rings is 1. The number of benzene rings is 3. The summed E-state index contributed by atoms with van der Waals surface area (Å²) in [5, 5.41) is 9.86. The maximum atomic E-state index is 14.8. The fraction of sp³-hybridized carbons (Fsp3) is 0.0690. The number of nitrogens with one attached hydrogen (secondary N) is 2. The molecule has 0 aliphatic carbocycles. The van der Waals surface area contributed by atoms with Crippen LogP contribution in [0.3, 0.4) is 0 Å². The predicted molar refractivity (Wildman–Crippen MR) is 141 cm³/mol. The molecule has 10 heteroatoms. The van der Waals surface area contributed by atoms with E-state index >= 15 is 0 Å². The van der Waals surface area contributed by atoms with E-state index in [0.29, 0.717) is 28.7 Å². The number of halogens is 2. The van der Waals surface area contributed by atoms with Gasteiger partial charge in [0.1, 0.15) is 17.3 Å². The monoisotopic (exact) mass is 522 g/mol. The Morgan fingerprint density at radius 1 is 0.949 bits per heavy atom. The molecule has 0 radical (unpaired) electrons. The average molecular weight is 523 g/mol. The van der Waals surface area contributed by atoms with Crippen molar-refractivity contribution in [2.75, 3.05) is 5.32 Å². The molecule has 0 saturated carbocycles. The zero-order valence-corrected chi connectivity index (χ0v) is 20.5. The number of carbonyl (C=O) groups excluding carboxylic acids is 2. The molecule has 0 bridgehead atoms. The first kappa shape index (κ1) is 24.1. The lowest BCUT2D eigenvalue weighted by Crippen LogP contribution is -2.43. The summed E-state index contributed by atoms with van der Waals surface area (Å²) in [5.74, 6) is -2.98. The Morgan fingerprint density at radius 2 is 1.72 bits per heavy atom. The molecular formula is C29H20F2N6O2. The minimum atomic E-state index is -1.33. The molecule has 0 saturated heterocycles. The number of aliphatic imine (C=N–C) groups is 1. The van der Waals surface area contributed by atoms with E-state index in [2.05, 4.69) is 25.7 Å². The highest BCUT2D eigenvalue weighted by Crippen LogP contribution is 2.28. The number of anilines is 1. The number of aromatic nitrogens is 3. The fourth-order valence-electron chi connectivity index (χ4n) is 4.47. The maximum absolute atomic E-state index is 14.8. The smallest absolute Gasteiger partial charge is 0.274 e. The number of carbonyl (C=O) groups is 2. The molecule has 8 nitrogen and oxygen atoms in total. The van der Waals surface area contributed by atoms with E-state index in [1.165, 1.54) is 10.6 Å². The minimum Gasteiger partial charge on any atom is -0.322 e. The van der Waals surface area contributed by atoms with Crippen molar-refractivity contribution in [2.24, 2.45) is 4.99 Å². The van der Waals surface area contributed by atoms with Crippen LogP contribution >= 0.6 is 0 Å². The number of aryl methyl sites for hydroxylation is 1. The molecule has 3 heterocycles. The Morgan fingerprint density at radius 3 is 2.51 bits per heavy atom. The van der Waals surface area contributed by atoms with Crippen LogP contribution in [0.5, 0.6) is 0 Å². The summed E-state index contributed by atoms with van der Waals surface area (Å²) >= 11 is 0. The lowest BCUT2D eigenvalue weighted by atomic mass is 10.0. The summed E-state index contributed by atoms with van der Waals surface area (Å²) in [6, 6.07) is 22.8. The van der Waals surface area contributed by atoms with Gasteiger partial charge in [-0.05, 0) is 37.3 Å². The van der Waals surface area contributed by atoms with Gasteiger partial charge in [-0.25, -0.2) is 23.3 Å². The number of amides is 2. The van der Waals surface area contributed by atoms with Crippen LogP contribution in [0, 0.1) is 18.6 Å². The van der Waals surface area contributed by atoms with Crippen molar-refractivity contribution in [3.8, 4) is 11.3 Å². The molecular weight excluding hydrogens is 502 g/mol. The van der Waals surface area contributed by atoms with Gasteiger partial charge in [0.25, 0.3) is 11.8 Å². The Labute approximate surface area is 221 Å². The number of nitrogens with zero attached hydrogens (tertiary/aromatic N) is 4. The second kappa shape index (κ2) is 9.56. The molecule has 1 aliphatic rings. The summed E-state index contributed by atoms with van der Waals surface area (Å²) in [7, 11) is 0. The van der Waals surface area contributed by atoms with Gasteiger partial charge in [0.05, 0.1) is 17.1 Å². The molecule has 2 amide bonds. The van der Waals surface area contributed by atoms with Crippen LogP contribution in [0.25, 0.3) is 16.9 Å². The highest BCUT2D eigenvalue weighted by atomic mass is 19.1. The van der Waals surface area contributed by atoms with Crippen LogP contribution in [0.4, 0.5) is 14.5 Å². The predicted octanol–water partition coefficient (Wildman–Crippen LogP) is 4.53. The van der Waals surface area contributed by atoms with Gasteiger partial charge in [0.15, 0.2) is 11.3 Å². The quantitative estimate of drug-likeness (QED) is 0.362. The molecule has 39 heavy (non-hydrogen) atoms.